The predicted molar refractivity (Wildman–Crippen MR) is 85.4 cm³/mol. The SMILES string of the molecule is C[C@@H]1OCCOCCOCCOCCO[C@@H](C)c2cccc1n2. The van der Waals surface area contributed by atoms with Gasteiger partial charge in [-0.2, -0.15) is 0 Å². The largest absolute Gasteiger partial charge is 0.377 e. The van der Waals surface area contributed by atoms with Crippen LogP contribution in [0.2, 0.25) is 0 Å². The van der Waals surface area contributed by atoms with Crippen LogP contribution in [0.1, 0.15) is 37.4 Å². The van der Waals surface area contributed by atoms with E-state index < -0.39 is 0 Å². The molecule has 0 spiro atoms. The average molecular weight is 325 g/mol. The molecule has 0 aliphatic carbocycles. The molecular formula is C17H27NO5. The van der Waals surface area contributed by atoms with Gasteiger partial charge in [0, 0.05) is 0 Å². The topological polar surface area (TPSA) is 59.0 Å². The second-order valence-electron chi connectivity index (χ2n) is 5.35. The Kier molecular flexibility index (Phi) is 8.49. The van der Waals surface area contributed by atoms with Gasteiger partial charge >= 0.3 is 0 Å². The van der Waals surface area contributed by atoms with Gasteiger partial charge in [-0.3, -0.25) is 4.98 Å². The lowest BCUT2D eigenvalue weighted by atomic mass is 10.2. The first kappa shape index (κ1) is 18.3. The third kappa shape index (κ3) is 6.93. The Hall–Kier alpha value is -1.05. The van der Waals surface area contributed by atoms with E-state index in [0.29, 0.717) is 52.9 Å². The van der Waals surface area contributed by atoms with E-state index in [2.05, 4.69) is 4.98 Å². The second-order valence-corrected chi connectivity index (χ2v) is 5.35. The van der Waals surface area contributed by atoms with Crippen molar-refractivity contribution in [2.75, 3.05) is 52.9 Å². The fourth-order valence-electron chi connectivity index (χ4n) is 2.20. The normalized spacial score (nSPS) is 26.2. The third-order valence-corrected chi connectivity index (χ3v) is 3.56. The van der Waals surface area contributed by atoms with Gasteiger partial charge in [0.05, 0.1) is 76.5 Å². The van der Waals surface area contributed by atoms with E-state index in [0.717, 1.165) is 11.4 Å². The molecule has 1 aromatic rings. The van der Waals surface area contributed by atoms with Gasteiger partial charge < -0.3 is 23.7 Å². The summed E-state index contributed by atoms with van der Waals surface area (Å²) in [6, 6.07) is 5.92. The minimum atomic E-state index is -0.0794. The van der Waals surface area contributed by atoms with Crippen LogP contribution in [0.3, 0.4) is 0 Å². The molecule has 0 radical (unpaired) electrons. The monoisotopic (exact) mass is 325 g/mol. The van der Waals surface area contributed by atoms with Crippen molar-refractivity contribution in [1.82, 2.24) is 4.98 Å². The number of aromatic nitrogens is 1. The number of ether oxygens (including phenoxy) is 5. The van der Waals surface area contributed by atoms with E-state index in [1.165, 1.54) is 0 Å². The lowest BCUT2D eigenvalue weighted by Crippen LogP contribution is -2.15. The Morgan fingerprint density at radius 1 is 0.696 bits per heavy atom. The molecule has 0 amide bonds. The number of pyridine rings is 1. The molecular weight excluding hydrogens is 298 g/mol. The quantitative estimate of drug-likeness (QED) is 0.729. The zero-order chi connectivity index (χ0) is 16.3. The molecule has 2 atom stereocenters. The highest BCUT2D eigenvalue weighted by Crippen LogP contribution is 2.19. The maximum atomic E-state index is 5.77. The van der Waals surface area contributed by atoms with E-state index in [1.54, 1.807) is 0 Å². The van der Waals surface area contributed by atoms with Crippen LogP contribution >= 0.6 is 0 Å². The molecule has 2 heterocycles. The van der Waals surface area contributed by atoms with Gasteiger partial charge in [0.2, 0.25) is 0 Å². The summed E-state index contributed by atoms with van der Waals surface area (Å²) < 4.78 is 27.9. The summed E-state index contributed by atoms with van der Waals surface area (Å²) in [7, 11) is 0. The first-order valence-corrected chi connectivity index (χ1v) is 8.20. The van der Waals surface area contributed by atoms with E-state index in [-0.39, 0.29) is 12.2 Å². The third-order valence-electron chi connectivity index (χ3n) is 3.56. The van der Waals surface area contributed by atoms with Gasteiger partial charge in [0.25, 0.3) is 0 Å². The highest BCUT2D eigenvalue weighted by molar-refractivity contribution is 5.14. The van der Waals surface area contributed by atoms with Crippen molar-refractivity contribution >= 4 is 0 Å². The van der Waals surface area contributed by atoms with Gasteiger partial charge in [-0.05, 0) is 26.0 Å². The van der Waals surface area contributed by atoms with Crippen LogP contribution in [-0.2, 0) is 23.7 Å². The van der Waals surface area contributed by atoms with E-state index in [9.17, 15) is 0 Å². The molecule has 23 heavy (non-hydrogen) atoms. The predicted octanol–water partition coefficient (Wildman–Crippen LogP) is 2.30. The molecule has 0 aromatic carbocycles. The van der Waals surface area contributed by atoms with Crippen molar-refractivity contribution in [2.24, 2.45) is 0 Å². The molecule has 0 saturated carbocycles. The Morgan fingerprint density at radius 3 is 1.52 bits per heavy atom. The van der Waals surface area contributed by atoms with Crippen LogP contribution in [0.4, 0.5) is 0 Å². The highest BCUT2D eigenvalue weighted by atomic mass is 16.6. The molecule has 2 bridgehead atoms. The van der Waals surface area contributed by atoms with Crippen molar-refractivity contribution in [3.05, 3.63) is 29.6 Å². The fraction of sp³-hybridized carbons (Fsp3) is 0.706. The summed E-state index contributed by atoms with van der Waals surface area (Å²) in [5.41, 5.74) is 1.80. The zero-order valence-corrected chi connectivity index (χ0v) is 14.0. The molecule has 0 N–H and O–H groups in total. The summed E-state index contributed by atoms with van der Waals surface area (Å²) in [6.07, 6.45) is -0.159. The summed E-state index contributed by atoms with van der Waals surface area (Å²) in [6.45, 7) is 8.39. The number of hydrogen-bond donors (Lipinski definition) is 0. The summed E-state index contributed by atoms with van der Waals surface area (Å²) >= 11 is 0. The highest BCUT2D eigenvalue weighted by Gasteiger charge is 2.12. The second kappa shape index (κ2) is 10.7. The maximum absolute atomic E-state index is 5.77. The fourth-order valence-corrected chi connectivity index (χ4v) is 2.20. The first-order valence-electron chi connectivity index (χ1n) is 8.20. The van der Waals surface area contributed by atoms with Crippen molar-refractivity contribution in [1.29, 1.82) is 0 Å². The smallest absolute Gasteiger partial charge is 0.0967 e. The van der Waals surface area contributed by atoms with Crippen molar-refractivity contribution in [2.45, 2.75) is 26.1 Å². The molecule has 130 valence electrons. The molecule has 0 unspecified atom stereocenters. The van der Waals surface area contributed by atoms with Crippen molar-refractivity contribution in [3.8, 4) is 0 Å². The van der Waals surface area contributed by atoms with E-state index >= 15 is 0 Å². The molecule has 1 aromatic heterocycles. The summed E-state index contributed by atoms with van der Waals surface area (Å²) in [4.78, 5) is 4.65. The molecule has 0 saturated heterocycles. The molecule has 0 fully saturated rings. The molecule has 6 heteroatoms. The van der Waals surface area contributed by atoms with Gasteiger partial charge in [0.15, 0.2) is 0 Å². The maximum Gasteiger partial charge on any atom is 0.0967 e. The lowest BCUT2D eigenvalue weighted by Gasteiger charge is -2.17. The van der Waals surface area contributed by atoms with E-state index in [4.69, 9.17) is 23.7 Å². The van der Waals surface area contributed by atoms with Crippen LogP contribution in [0.25, 0.3) is 0 Å². The number of rotatable bonds is 0. The molecule has 1 aliphatic rings. The van der Waals surface area contributed by atoms with Gasteiger partial charge in [0.1, 0.15) is 0 Å². The van der Waals surface area contributed by atoms with Crippen LogP contribution in [-0.4, -0.2) is 57.8 Å². The summed E-state index contributed by atoms with van der Waals surface area (Å²) in [5, 5.41) is 0. The van der Waals surface area contributed by atoms with Crippen molar-refractivity contribution < 1.29 is 23.7 Å². The minimum Gasteiger partial charge on any atom is -0.377 e. The number of hydrogen-bond acceptors (Lipinski definition) is 6. The van der Waals surface area contributed by atoms with Crippen LogP contribution in [0.15, 0.2) is 18.2 Å². The van der Waals surface area contributed by atoms with Crippen LogP contribution in [0.5, 0.6) is 0 Å². The lowest BCUT2D eigenvalue weighted by molar-refractivity contribution is -0.0287. The van der Waals surface area contributed by atoms with Crippen molar-refractivity contribution in [3.63, 3.8) is 0 Å². The Morgan fingerprint density at radius 2 is 1.09 bits per heavy atom. The van der Waals surface area contributed by atoms with Gasteiger partial charge in [-0.25, -0.2) is 0 Å². The molecule has 2 rings (SSSR count). The Labute approximate surface area is 138 Å². The first-order chi connectivity index (χ1) is 11.3. The van der Waals surface area contributed by atoms with Gasteiger partial charge in [-0.1, -0.05) is 6.07 Å². The average Bonchev–Trinajstić information content (AvgIpc) is 2.58. The zero-order valence-electron chi connectivity index (χ0n) is 14.0. The standard InChI is InChI=1S/C17H27NO5/c1-14-16-4-3-5-17(18-16)15(2)23-13-11-21-9-7-19-6-8-20-10-12-22-14/h3-5,14-15H,6-13H2,1-2H3/t14-,15-/m0/s1. The van der Waals surface area contributed by atoms with Gasteiger partial charge in [-0.15, -0.1) is 0 Å². The Balaban J connectivity index is 1.93. The van der Waals surface area contributed by atoms with Crippen LogP contribution < -0.4 is 0 Å². The van der Waals surface area contributed by atoms with E-state index in [1.807, 2.05) is 32.0 Å². The molecule has 1 aliphatic heterocycles. The number of fused-ring (bicyclic) bond motifs is 2. The minimum absolute atomic E-state index is 0.0794. The summed E-state index contributed by atoms with van der Waals surface area (Å²) in [5.74, 6) is 0. The Bertz CT molecular complexity index is 407. The van der Waals surface area contributed by atoms with Crippen LogP contribution in [0, 0.1) is 0 Å². The molecule has 6 nitrogen and oxygen atoms in total. The number of nitrogens with zero attached hydrogens (tertiary/aromatic N) is 1.